The number of H-pyrrole nitrogens is 1. The Bertz CT molecular complexity index is 595. The van der Waals surface area contributed by atoms with Gasteiger partial charge in [0, 0.05) is 36.4 Å². The van der Waals surface area contributed by atoms with Gasteiger partial charge < -0.3 is 16.0 Å². The van der Waals surface area contributed by atoms with Crippen LogP contribution in [-0.4, -0.2) is 35.0 Å². The van der Waals surface area contributed by atoms with E-state index in [1.165, 1.54) is 16.6 Å². The van der Waals surface area contributed by atoms with Crippen molar-refractivity contribution in [1.82, 2.24) is 15.2 Å². The molecule has 21 heavy (non-hydrogen) atoms. The Morgan fingerprint density at radius 1 is 1.38 bits per heavy atom. The lowest BCUT2D eigenvalue weighted by molar-refractivity contribution is 0.152. The van der Waals surface area contributed by atoms with Gasteiger partial charge >= 0.3 is 6.03 Å². The molecule has 5 heteroatoms. The molecule has 0 saturated carbocycles. The molecule has 1 aromatic heterocycles. The highest BCUT2D eigenvalue weighted by Gasteiger charge is 2.24. The van der Waals surface area contributed by atoms with Crippen LogP contribution >= 0.6 is 0 Å². The number of primary amides is 1. The zero-order chi connectivity index (χ0) is 14.8. The average Bonchev–Trinajstić information content (AvgIpc) is 2.90. The standard InChI is InChI=1S/C16H22N4O/c1-11(15-10-12-4-2-3-5-14(12)19-15)20-8-6-13(7-9-20)18-16(17)21/h2-5,10-11,13,19H,6-9H2,1H3,(H3,17,18,21). The lowest BCUT2D eigenvalue weighted by Gasteiger charge is -2.35. The molecule has 2 amide bonds. The average molecular weight is 286 g/mol. The van der Waals surface area contributed by atoms with E-state index in [1.807, 2.05) is 6.07 Å². The number of nitrogens with zero attached hydrogens (tertiary/aromatic N) is 1. The second kappa shape index (κ2) is 5.77. The summed E-state index contributed by atoms with van der Waals surface area (Å²) in [6.07, 6.45) is 1.90. The predicted molar refractivity (Wildman–Crippen MR) is 84.0 cm³/mol. The van der Waals surface area contributed by atoms with E-state index in [1.54, 1.807) is 0 Å². The molecule has 0 radical (unpaired) electrons. The number of nitrogens with two attached hydrogens (primary N) is 1. The minimum Gasteiger partial charge on any atom is -0.357 e. The molecule has 112 valence electrons. The van der Waals surface area contributed by atoms with Gasteiger partial charge in [0.05, 0.1) is 0 Å². The summed E-state index contributed by atoms with van der Waals surface area (Å²) in [5.74, 6) is 0. The van der Waals surface area contributed by atoms with Crippen LogP contribution in [0.25, 0.3) is 10.9 Å². The summed E-state index contributed by atoms with van der Waals surface area (Å²) in [6.45, 7) is 4.18. The van der Waals surface area contributed by atoms with Gasteiger partial charge in [0.1, 0.15) is 0 Å². The van der Waals surface area contributed by atoms with Gasteiger partial charge in [-0.05, 0) is 37.3 Å². The van der Waals surface area contributed by atoms with Gasteiger partial charge in [-0.15, -0.1) is 0 Å². The molecule has 2 heterocycles. The number of aromatic amines is 1. The molecule has 0 aliphatic carbocycles. The van der Waals surface area contributed by atoms with E-state index < -0.39 is 6.03 Å². The number of nitrogens with one attached hydrogen (secondary N) is 2. The lowest BCUT2D eigenvalue weighted by Crippen LogP contribution is -2.46. The fourth-order valence-corrected chi connectivity index (χ4v) is 3.15. The van der Waals surface area contributed by atoms with E-state index in [2.05, 4.69) is 46.4 Å². The SMILES string of the molecule is CC(c1cc2ccccc2[nH]1)N1CCC(NC(N)=O)CC1. The normalized spacial score (nSPS) is 18.7. The zero-order valence-electron chi connectivity index (χ0n) is 12.3. The number of hydrogen-bond acceptors (Lipinski definition) is 2. The number of urea groups is 1. The Morgan fingerprint density at radius 3 is 2.76 bits per heavy atom. The first-order chi connectivity index (χ1) is 10.1. The second-order valence-electron chi connectivity index (χ2n) is 5.81. The van der Waals surface area contributed by atoms with E-state index in [0.717, 1.165) is 25.9 Å². The second-order valence-corrected chi connectivity index (χ2v) is 5.81. The van der Waals surface area contributed by atoms with Crippen LogP contribution in [0.15, 0.2) is 30.3 Å². The van der Waals surface area contributed by atoms with Crippen LogP contribution in [0.1, 0.15) is 31.5 Å². The number of carbonyl (C=O) groups excluding carboxylic acids is 1. The molecule has 2 aromatic rings. The molecule has 0 bridgehead atoms. The quantitative estimate of drug-likeness (QED) is 0.810. The molecule has 1 fully saturated rings. The van der Waals surface area contributed by atoms with Crippen LogP contribution in [0.4, 0.5) is 4.79 Å². The summed E-state index contributed by atoms with van der Waals surface area (Å²) >= 11 is 0. The fourth-order valence-electron chi connectivity index (χ4n) is 3.15. The Labute approximate surface area is 124 Å². The molecule has 4 N–H and O–H groups in total. The van der Waals surface area contributed by atoms with E-state index in [4.69, 9.17) is 5.73 Å². The van der Waals surface area contributed by atoms with Crippen LogP contribution in [0.5, 0.6) is 0 Å². The van der Waals surface area contributed by atoms with Crippen LogP contribution in [0, 0.1) is 0 Å². The topological polar surface area (TPSA) is 74.2 Å². The molecule has 1 aliphatic rings. The van der Waals surface area contributed by atoms with Gasteiger partial charge in [-0.2, -0.15) is 0 Å². The third kappa shape index (κ3) is 3.03. The Kier molecular flexibility index (Phi) is 3.84. The van der Waals surface area contributed by atoms with Crippen LogP contribution in [0.3, 0.4) is 0 Å². The molecule has 1 aliphatic heterocycles. The van der Waals surface area contributed by atoms with Crippen molar-refractivity contribution in [3.8, 4) is 0 Å². The highest BCUT2D eigenvalue weighted by molar-refractivity contribution is 5.80. The van der Waals surface area contributed by atoms with Gasteiger partial charge in [-0.25, -0.2) is 4.79 Å². The van der Waals surface area contributed by atoms with Crippen molar-refractivity contribution < 1.29 is 4.79 Å². The van der Waals surface area contributed by atoms with Crippen molar-refractivity contribution in [3.05, 3.63) is 36.0 Å². The summed E-state index contributed by atoms with van der Waals surface area (Å²) < 4.78 is 0. The molecule has 3 rings (SSSR count). The highest BCUT2D eigenvalue weighted by Crippen LogP contribution is 2.26. The van der Waals surface area contributed by atoms with Gasteiger partial charge in [0.25, 0.3) is 0 Å². The first-order valence-electron chi connectivity index (χ1n) is 7.51. The maximum Gasteiger partial charge on any atom is 0.312 e. The number of rotatable bonds is 3. The van der Waals surface area contributed by atoms with Crippen LogP contribution in [-0.2, 0) is 0 Å². The van der Waals surface area contributed by atoms with Gasteiger partial charge in [-0.1, -0.05) is 18.2 Å². The predicted octanol–water partition coefficient (Wildman–Crippen LogP) is 2.36. The van der Waals surface area contributed by atoms with Crippen molar-refractivity contribution in [2.45, 2.75) is 31.8 Å². The lowest BCUT2D eigenvalue weighted by atomic mass is 10.0. The number of likely N-dealkylation sites (tertiary alicyclic amines) is 1. The Balaban J connectivity index is 1.66. The monoisotopic (exact) mass is 286 g/mol. The van der Waals surface area contributed by atoms with Crippen LogP contribution in [0.2, 0.25) is 0 Å². The van der Waals surface area contributed by atoms with Gasteiger partial charge in [-0.3, -0.25) is 4.90 Å². The maximum atomic E-state index is 10.9. The summed E-state index contributed by atoms with van der Waals surface area (Å²) in [6, 6.07) is 10.7. The molecule has 1 saturated heterocycles. The minimum absolute atomic E-state index is 0.216. The molecule has 1 unspecified atom stereocenters. The zero-order valence-corrected chi connectivity index (χ0v) is 12.3. The number of aromatic nitrogens is 1. The minimum atomic E-state index is -0.419. The summed E-state index contributed by atoms with van der Waals surface area (Å²) in [5.41, 5.74) is 7.62. The smallest absolute Gasteiger partial charge is 0.312 e. The van der Waals surface area contributed by atoms with Gasteiger partial charge in [0.2, 0.25) is 0 Å². The first kappa shape index (κ1) is 13.9. The van der Waals surface area contributed by atoms with E-state index >= 15 is 0 Å². The summed E-state index contributed by atoms with van der Waals surface area (Å²) in [7, 11) is 0. The van der Waals surface area contributed by atoms with E-state index in [-0.39, 0.29) is 6.04 Å². The van der Waals surface area contributed by atoms with Crippen molar-refractivity contribution in [2.24, 2.45) is 5.73 Å². The number of fused-ring (bicyclic) bond motifs is 1. The number of piperidine rings is 1. The van der Waals surface area contributed by atoms with E-state index in [0.29, 0.717) is 6.04 Å². The number of hydrogen-bond donors (Lipinski definition) is 3. The van der Waals surface area contributed by atoms with Crippen molar-refractivity contribution in [3.63, 3.8) is 0 Å². The van der Waals surface area contributed by atoms with Gasteiger partial charge in [0.15, 0.2) is 0 Å². The van der Waals surface area contributed by atoms with E-state index in [9.17, 15) is 4.79 Å². The fraction of sp³-hybridized carbons (Fsp3) is 0.438. The number of amides is 2. The summed E-state index contributed by atoms with van der Waals surface area (Å²) in [5, 5.41) is 4.06. The first-order valence-corrected chi connectivity index (χ1v) is 7.51. The molecule has 1 atom stereocenters. The van der Waals surface area contributed by atoms with Crippen molar-refractivity contribution >= 4 is 16.9 Å². The molecule has 0 spiro atoms. The summed E-state index contributed by atoms with van der Waals surface area (Å²) in [4.78, 5) is 16.8. The molecule has 1 aromatic carbocycles. The number of benzene rings is 1. The van der Waals surface area contributed by atoms with Crippen LogP contribution < -0.4 is 11.1 Å². The molecular weight excluding hydrogens is 264 g/mol. The largest absolute Gasteiger partial charge is 0.357 e. The number of carbonyl (C=O) groups is 1. The third-order valence-electron chi connectivity index (χ3n) is 4.42. The third-order valence-corrected chi connectivity index (χ3v) is 4.42. The van der Waals surface area contributed by atoms with Crippen molar-refractivity contribution in [2.75, 3.05) is 13.1 Å². The number of para-hydroxylation sites is 1. The van der Waals surface area contributed by atoms with Crippen molar-refractivity contribution in [1.29, 1.82) is 0 Å². The Hall–Kier alpha value is -2.01. The highest BCUT2D eigenvalue weighted by atomic mass is 16.2. The molecular formula is C16H22N4O. The molecule has 5 nitrogen and oxygen atoms in total. The Morgan fingerprint density at radius 2 is 2.10 bits per heavy atom. The maximum absolute atomic E-state index is 10.9.